The van der Waals surface area contributed by atoms with E-state index in [-0.39, 0.29) is 30.3 Å². The summed E-state index contributed by atoms with van der Waals surface area (Å²) in [4.78, 5) is 11.8. The summed E-state index contributed by atoms with van der Waals surface area (Å²) >= 11 is 5.71. The maximum atomic E-state index is 13.4. The number of amides is 1. The van der Waals surface area contributed by atoms with Gasteiger partial charge in [0.15, 0.2) is 0 Å². The molecule has 0 fully saturated rings. The normalized spacial score (nSPS) is 11.2. The van der Waals surface area contributed by atoms with Crippen molar-refractivity contribution < 1.29 is 17.6 Å². The highest BCUT2D eigenvalue weighted by atomic mass is 35.5. The van der Waals surface area contributed by atoms with Gasteiger partial charge in [0.2, 0.25) is 15.9 Å². The number of halogens is 2. The predicted octanol–water partition coefficient (Wildman–Crippen LogP) is 2.46. The summed E-state index contributed by atoms with van der Waals surface area (Å²) in [6.45, 7) is -0.0104. The zero-order chi connectivity index (χ0) is 17.6. The van der Waals surface area contributed by atoms with E-state index in [1.165, 1.54) is 30.3 Å². The third-order valence-corrected chi connectivity index (χ3v) is 4.93. The van der Waals surface area contributed by atoms with Gasteiger partial charge in [-0.15, -0.1) is 0 Å². The van der Waals surface area contributed by atoms with Crippen molar-refractivity contribution in [3.8, 4) is 0 Å². The molecule has 0 aromatic heterocycles. The van der Waals surface area contributed by atoms with Crippen LogP contribution in [0.4, 0.5) is 4.39 Å². The van der Waals surface area contributed by atoms with Crippen molar-refractivity contribution >= 4 is 27.5 Å². The first-order valence-electron chi connectivity index (χ1n) is 7.14. The highest BCUT2D eigenvalue weighted by molar-refractivity contribution is 7.89. The molecule has 8 heteroatoms. The molecular formula is C16H16ClFN2O3S. The lowest BCUT2D eigenvalue weighted by Gasteiger charge is -2.08. The molecule has 2 rings (SSSR count). The Labute approximate surface area is 144 Å². The minimum absolute atomic E-state index is 0.0510. The molecule has 1 amide bonds. The van der Waals surface area contributed by atoms with Crippen molar-refractivity contribution in [1.82, 2.24) is 10.0 Å². The fraction of sp³-hybridized carbons (Fsp3) is 0.188. The molecule has 2 N–H and O–H groups in total. The van der Waals surface area contributed by atoms with E-state index < -0.39 is 15.8 Å². The van der Waals surface area contributed by atoms with E-state index >= 15 is 0 Å². The van der Waals surface area contributed by atoms with E-state index in [2.05, 4.69) is 10.0 Å². The third-order valence-electron chi connectivity index (χ3n) is 3.20. The molecule has 0 saturated heterocycles. The molecule has 0 radical (unpaired) electrons. The quantitative estimate of drug-likeness (QED) is 0.786. The molecule has 0 spiro atoms. The second kappa shape index (κ2) is 8.23. The zero-order valence-corrected chi connectivity index (χ0v) is 14.2. The van der Waals surface area contributed by atoms with Gasteiger partial charge in [-0.2, -0.15) is 0 Å². The second-order valence-corrected chi connectivity index (χ2v) is 7.17. The summed E-state index contributed by atoms with van der Waals surface area (Å²) in [6.07, 6.45) is -0.0543. The number of carbonyl (C=O) groups excluding carboxylic acids is 1. The first-order valence-corrected chi connectivity index (χ1v) is 9.00. The van der Waals surface area contributed by atoms with Crippen LogP contribution >= 0.6 is 11.6 Å². The fourth-order valence-electron chi connectivity index (χ4n) is 1.92. The van der Waals surface area contributed by atoms with Gasteiger partial charge in [-0.05, 0) is 30.3 Å². The van der Waals surface area contributed by atoms with Crippen LogP contribution in [-0.2, 0) is 21.4 Å². The van der Waals surface area contributed by atoms with E-state index in [4.69, 9.17) is 11.6 Å². The van der Waals surface area contributed by atoms with Gasteiger partial charge in [0.05, 0.1) is 4.90 Å². The number of benzene rings is 2. The highest BCUT2D eigenvalue weighted by Gasteiger charge is 2.14. The summed E-state index contributed by atoms with van der Waals surface area (Å²) in [7, 11) is -3.70. The first-order chi connectivity index (χ1) is 11.4. The maximum Gasteiger partial charge on any atom is 0.240 e. The van der Waals surface area contributed by atoms with Crippen molar-refractivity contribution in [2.45, 2.75) is 17.9 Å². The smallest absolute Gasteiger partial charge is 0.240 e. The largest absolute Gasteiger partial charge is 0.352 e. The van der Waals surface area contributed by atoms with Crippen LogP contribution in [0.3, 0.4) is 0 Å². The van der Waals surface area contributed by atoms with Gasteiger partial charge >= 0.3 is 0 Å². The molecule has 0 saturated carbocycles. The minimum atomic E-state index is -3.70. The number of rotatable bonds is 7. The Bertz CT molecular complexity index is 810. The molecule has 2 aromatic rings. The van der Waals surface area contributed by atoms with Crippen molar-refractivity contribution in [3.63, 3.8) is 0 Å². The van der Waals surface area contributed by atoms with Crippen LogP contribution < -0.4 is 10.0 Å². The van der Waals surface area contributed by atoms with Crippen molar-refractivity contribution in [2.24, 2.45) is 0 Å². The zero-order valence-electron chi connectivity index (χ0n) is 12.6. The lowest BCUT2D eigenvalue weighted by atomic mass is 10.2. The molecule has 0 bridgehead atoms. The number of hydrogen-bond donors (Lipinski definition) is 2. The van der Waals surface area contributed by atoms with E-state index in [1.807, 2.05) is 0 Å². The molecule has 128 valence electrons. The Morgan fingerprint density at radius 1 is 1.08 bits per heavy atom. The molecular weight excluding hydrogens is 355 g/mol. The monoisotopic (exact) mass is 370 g/mol. The molecule has 24 heavy (non-hydrogen) atoms. The summed E-state index contributed by atoms with van der Waals surface area (Å²) < 4.78 is 39.8. The van der Waals surface area contributed by atoms with Gasteiger partial charge < -0.3 is 5.32 Å². The Balaban J connectivity index is 1.80. The molecule has 0 unspecified atom stereocenters. The Morgan fingerprint density at radius 2 is 1.75 bits per heavy atom. The summed E-state index contributed by atoms with van der Waals surface area (Å²) in [6, 6.07) is 11.8. The topological polar surface area (TPSA) is 75.3 Å². The molecule has 0 aliphatic heterocycles. The molecule has 2 aromatic carbocycles. The summed E-state index contributed by atoms with van der Waals surface area (Å²) in [5, 5.41) is 2.97. The highest BCUT2D eigenvalue weighted by Crippen LogP contribution is 2.13. The van der Waals surface area contributed by atoms with E-state index in [9.17, 15) is 17.6 Å². The number of hydrogen-bond acceptors (Lipinski definition) is 3. The van der Waals surface area contributed by atoms with Gasteiger partial charge in [-0.3, -0.25) is 4.79 Å². The average molecular weight is 371 g/mol. The van der Waals surface area contributed by atoms with Crippen LogP contribution in [0.5, 0.6) is 0 Å². The van der Waals surface area contributed by atoms with E-state index in [1.54, 1.807) is 18.2 Å². The third kappa shape index (κ3) is 5.30. The summed E-state index contributed by atoms with van der Waals surface area (Å²) in [5.74, 6) is -0.779. The SMILES string of the molecule is O=C(CCNS(=O)(=O)c1ccc(Cl)cc1)NCc1ccccc1F. The van der Waals surface area contributed by atoms with Crippen LogP contribution in [0, 0.1) is 5.82 Å². The maximum absolute atomic E-state index is 13.4. The number of sulfonamides is 1. The van der Waals surface area contributed by atoms with Crippen LogP contribution in [0.15, 0.2) is 53.4 Å². The number of nitrogens with one attached hydrogen (secondary N) is 2. The molecule has 0 heterocycles. The van der Waals surface area contributed by atoms with Crippen molar-refractivity contribution in [2.75, 3.05) is 6.54 Å². The predicted molar refractivity (Wildman–Crippen MR) is 89.5 cm³/mol. The van der Waals surface area contributed by atoms with Crippen LogP contribution in [0.2, 0.25) is 5.02 Å². The van der Waals surface area contributed by atoms with Crippen LogP contribution in [0.25, 0.3) is 0 Å². The van der Waals surface area contributed by atoms with Gasteiger partial charge in [0.25, 0.3) is 0 Å². The van der Waals surface area contributed by atoms with Crippen molar-refractivity contribution in [3.05, 3.63) is 64.9 Å². The molecule has 0 aliphatic rings. The van der Waals surface area contributed by atoms with Gasteiger partial charge in [0, 0.05) is 30.1 Å². The average Bonchev–Trinajstić information content (AvgIpc) is 2.54. The van der Waals surface area contributed by atoms with Crippen molar-refractivity contribution in [1.29, 1.82) is 0 Å². The Hall–Kier alpha value is -1.96. The Morgan fingerprint density at radius 3 is 2.42 bits per heavy atom. The molecule has 5 nitrogen and oxygen atoms in total. The first kappa shape index (κ1) is 18.4. The Kier molecular flexibility index (Phi) is 6.30. The van der Waals surface area contributed by atoms with E-state index in [0.717, 1.165) is 0 Å². The fourth-order valence-corrected chi connectivity index (χ4v) is 3.08. The van der Waals surface area contributed by atoms with Gasteiger partial charge in [0.1, 0.15) is 5.82 Å². The van der Waals surface area contributed by atoms with Crippen LogP contribution in [-0.4, -0.2) is 20.9 Å². The van der Waals surface area contributed by atoms with Gasteiger partial charge in [-0.25, -0.2) is 17.5 Å². The van der Waals surface area contributed by atoms with Crippen LogP contribution in [0.1, 0.15) is 12.0 Å². The molecule has 0 aliphatic carbocycles. The summed E-state index contributed by atoms with van der Waals surface area (Å²) in [5.41, 5.74) is 0.368. The second-order valence-electron chi connectivity index (χ2n) is 4.97. The number of carbonyl (C=O) groups is 1. The van der Waals surface area contributed by atoms with Gasteiger partial charge in [-0.1, -0.05) is 29.8 Å². The molecule has 0 atom stereocenters. The minimum Gasteiger partial charge on any atom is -0.352 e. The lowest BCUT2D eigenvalue weighted by Crippen LogP contribution is -2.30. The van der Waals surface area contributed by atoms with E-state index in [0.29, 0.717) is 10.6 Å². The lowest BCUT2D eigenvalue weighted by molar-refractivity contribution is -0.121. The standard InChI is InChI=1S/C16H16ClFN2O3S/c17-13-5-7-14(8-6-13)24(22,23)20-10-9-16(21)19-11-12-3-1-2-4-15(12)18/h1-8,20H,9-11H2,(H,19,21).